The Morgan fingerprint density at radius 2 is 2.17 bits per heavy atom. The number of hydrogen-bond acceptors (Lipinski definition) is 5. The summed E-state index contributed by atoms with van der Waals surface area (Å²) in [5, 5.41) is 0.703. The zero-order valence-electron chi connectivity index (χ0n) is 9.46. The van der Waals surface area contributed by atoms with Crippen LogP contribution in [0.2, 0.25) is 0 Å². The number of benzene rings is 1. The molecule has 1 aliphatic rings. The third kappa shape index (κ3) is 2.15. The molecule has 18 heavy (non-hydrogen) atoms. The van der Waals surface area contributed by atoms with Crippen molar-refractivity contribution in [2.24, 2.45) is 4.99 Å². The maximum Gasteiger partial charge on any atom is 0.226 e. The van der Waals surface area contributed by atoms with Crippen molar-refractivity contribution in [1.82, 2.24) is 9.97 Å². The third-order valence-electron chi connectivity index (χ3n) is 2.62. The van der Waals surface area contributed by atoms with Gasteiger partial charge >= 0.3 is 0 Å². The van der Waals surface area contributed by atoms with Crippen LogP contribution in [0.1, 0.15) is 0 Å². The molecule has 0 amide bonds. The Hall–Kier alpha value is -1.34. The van der Waals surface area contributed by atoms with E-state index < -0.39 is 9.84 Å². The van der Waals surface area contributed by atoms with E-state index in [2.05, 4.69) is 15.0 Å². The number of fused-ring (bicyclic) bond motifs is 1. The molecule has 0 atom stereocenters. The van der Waals surface area contributed by atoms with Crippen LogP contribution in [0.3, 0.4) is 0 Å². The van der Waals surface area contributed by atoms with Crippen molar-refractivity contribution in [2.45, 2.75) is 5.16 Å². The molecule has 3 rings (SSSR count). The minimum absolute atomic E-state index is 0.0268. The van der Waals surface area contributed by atoms with Gasteiger partial charge in [-0.3, -0.25) is 4.99 Å². The van der Waals surface area contributed by atoms with Crippen LogP contribution in [0.5, 0.6) is 0 Å². The van der Waals surface area contributed by atoms with Crippen molar-refractivity contribution in [3.05, 3.63) is 24.3 Å². The van der Waals surface area contributed by atoms with Gasteiger partial charge in [0.05, 0.1) is 16.1 Å². The minimum Gasteiger partial charge on any atom is -0.329 e. The van der Waals surface area contributed by atoms with Crippen molar-refractivity contribution in [1.29, 1.82) is 0 Å². The van der Waals surface area contributed by atoms with Crippen molar-refractivity contribution in [3.8, 4) is 0 Å². The maximum atomic E-state index is 12.2. The van der Waals surface area contributed by atoms with Gasteiger partial charge in [-0.05, 0) is 12.1 Å². The summed E-state index contributed by atoms with van der Waals surface area (Å²) in [5.74, 6) is 0.808. The van der Waals surface area contributed by atoms with Gasteiger partial charge in [-0.15, -0.1) is 11.8 Å². The molecule has 0 radical (unpaired) electrons. The van der Waals surface area contributed by atoms with E-state index in [0.717, 1.165) is 11.3 Å². The zero-order valence-corrected chi connectivity index (χ0v) is 11.1. The lowest BCUT2D eigenvalue weighted by atomic mass is 10.3. The number of aliphatic imine (C=N–C) groups is 1. The molecular weight excluding hydrogens is 270 g/mol. The van der Waals surface area contributed by atoms with Crippen LogP contribution in [0, 0.1) is 0 Å². The molecule has 7 heteroatoms. The normalized spacial score (nSPS) is 16.1. The van der Waals surface area contributed by atoms with Crippen LogP contribution in [-0.4, -0.2) is 41.5 Å². The number of H-pyrrole nitrogens is 1. The van der Waals surface area contributed by atoms with Gasteiger partial charge in [-0.2, -0.15) is 0 Å². The molecule has 5 nitrogen and oxygen atoms in total. The highest BCUT2D eigenvalue weighted by molar-refractivity contribution is 8.15. The van der Waals surface area contributed by atoms with Crippen molar-refractivity contribution < 1.29 is 8.42 Å². The Morgan fingerprint density at radius 3 is 2.89 bits per heavy atom. The predicted octanol–water partition coefficient (Wildman–Crippen LogP) is 1.48. The monoisotopic (exact) mass is 281 g/mol. The molecule has 2 aromatic rings. The number of sulfone groups is 1. The highest BCUT2D eigenvalue weighted by atomic mass is 32.2. The fourth-order valence-electron chi connectivity index (χ4n) is 1.77. The summed E-state index contributed by atoms with van der Waals surface area (Å²) in [6.07, 6.45) is 0. The minimum atomic E-state index is -3.42. The molecular formula is C11H11N3O2S2. The Labute approximate surface area is 109 Å². The van der Waals surface area contributed by atoms with Gasteiger partial charge in [-0.25, -0.2) is 13.4 Å². The Kier molecular flexibility index (Phi) is 2.87. The van der Waals surface area contributed by atoms with Crippen LogP contribution in [0.15, 0.2) is 34.4 Å². The van der Waals surface area contributed by atoms with E-state index in [-0.39, 0.29) is 10.9 Å². The first kappa shape index (κ1) is 11.7. The van der Waals surface area contributed by atoms with Crippen LogP contribution in [0.4, 0.5) is 0 Å². The smallest absolute Gasteiger partial charge is 0.226 e. The Morgan fingerprint density at radius 1 is 1.33 bits per heavy atom. The zero-order chi connectivity index (χ0) is 12.6. The largest absolute Gasteiger partial charge is 0.329 e. The van der Waals surface area contributed by atoms with Gasteiger partial charge in [0.2, 0.25) is 15.0 Å². The number of rotatable bonds is 3. The first-order valence-electron chi connectivity index (χ1n) is 5.49. The molecule has 0 saturated heterocycles. The fourth-order valence-corrected chi connectivity index (χ4v) is 4.23. The van der Waals surface area contributed by atoms with Crippen LogP contribution in [-0.2, 0) is 9.84 Å². The Balaban J connectivity index is 1.97. The van der Waals surface area contributed by atoms with Gasteiger partial charge < -0.3 is 4.98 Å². The van der Waals surface area contributed by atoms with Crippen LogP contribution in [0.25, 0.3) is 11.0 Å². The van der Waals surface area contributed by atoms with E-state index in [0.29, 0.717) is 17.1 Å². The summed E-state index contributed by atoms with van der Waals surface area (Å²) in [7, 11) is -3.42. The molecule has 94 valence electrons. The molecule has 0 bridgehead atoms. The number of imidazole rings is 1. The van der Waals surface area contributed by atoms with Gasteiger partial charge in [0.1, 0.15) is 5.75 Å². The van der Waals surface area contributed by atoms with E-state index in [1.807, 2.05) is 18.2 Å². The highest BCUT2D eigenvalue weighted by Crippen LogP contribution is 2.19. The second kappa shape index (κ2) is 4.40. The van der Waals surface area contributed by atoms with Gasteiger partial charge in [-0.1, -0.05) is 12.1 Å². The molecule has 0 aliphatic carbocycles. The average Bonchev–Trinajstić information content (AvgIpc) is 2.96. The summed E-state index contributed by atoms with van der Waals surface area (Å²) in [6, 6.07) is 7.26. The molecule has 1 aromatic carbocycles. The van der Waals surface area contributed by atoms with Crippen molar-refractivity contribution in [2.75, 3.05) is 18.1 Å². The first-order valence-corrected chi connectivity index (χ1v) is 8.12. The molecule has 2 heterocycles. The highest BCUT2D eigenvalue weighted by Gasteiger charge is 2.23. The lowest BCUT2D eigenvalue weighted by Crippen LogP contribution is -2.14. The van der Waals surface area contributed by atoms with Crippen LogP contribution >= 0.6 is 11.8 Å². The number of hydrogen-bond donors (Lipinski definition) is 1. The number of para-hydroxylation sites is 2. The quantitative estimate of drug-likeness (QED) is 0.924. The summed E-state index contributed by atoms with van der Waals surface area (Å²) in [4.78, 5) is 11.1. The topological polar surface area (TPSA) is 75.2 Å². The number of thioether (sulfide) groups is 1. The van der Waals surface area contributed by atoms with E-state index in [1.165, 1.54) is 11.8 Å². The number of nitrogens with one attached hydrogen (secondary N) is 1. The standard InChI is InChI=1S/C11H11N3O2S2/c15-18(16,7-10-12-5-6-17-10)11-13-8-3-1-2-4-9(8)14-11/h1-4H,5-7H2,(H,13,14). The molecule has 0 fully saturated rings. The fraction of sp³-hybridized carbons (Fsp3) is 0.273. The Bertz CT molecular complexity index is 686. The molecule has 0 spiro atoms. The summed E-state index contributed by atoms with van der Waals surface area (Å²) in [6.45, 7) is 0.704. The second-order valence-corrected chi connectivity index (χ2v) is 7.02. The number of nitrogens with zero attached hydrogens (tertiary/aromatic N) is 2. The predicted molar refractivity (Wildman–Crippen MR) is 72.9 cm³/mol. The maximum absolute atomic E-state index is 12.2. The molecule has 0 unspecified atom stereocenters. The molecule has 1 N–H and O–H groups in total. The van der Waals surface area contributed by atoms with E-state index >= 15 is 0 Å². The SMILES string of the molecule is O=S(=O)(CC1=NCCS1)c1nc2ccccc2[nH]1. The lowest BCUT2D eigenvalue weighted by Gasteiger charge is -1.99. The van der Waals surface area contributed by atoms with E-state index in [9.17, 15) is 8.42 Å². The second-order valence-electron chi connectivity index (χ2n) is 3.94. The lowest BCUT2D eigenvalue weighted by molar-refractivity contribution is 0.593. The summed E-state index contributed by atoms with van der Waals surface area (Å²) >= 11 is 1.50. The summed E-state index contributed by atoms with van der Waals surface area (Å²) in [5.41, 5.74) is 1.40. The molecule has 1 aromatic heterocycles. The van der Waals surface area contributed by atoms with E-state index in [1.54, 1.807) is 6.07 Å². The first-order chi connectivity index (χ1) is 8.65. The average molecular weight is 281 g/mol. The summed E-state index contributed by atoms with van der Waals surface area (Å²) < 4.78 is 24.3. The van der Waals surface area contributed by atoms with Gasteiger partial charge in [0.15, 0.2) is 0 Å². The number of aromatic nitrogens is 2. The molecule has 0 saturated carbocycles. The van der Waals surface area contributed by atoms with Crippen LogP contribution < -0.4 is 0 Å². The third-order valence-corrected chi connectivity index (χ3v) is 5.24. The molecule has 1 aliphatic heterocycles. The van der Waals surface area contributed by atoms with Gasteiger partial charge in [0.25, 0.3) is 0 Å². The van der Waals surface area contributed by atoms with E-state index in [4.69, 9.17) is 0 Å². The van der Waals surface area contributed by atoms with Crippen molar-refractivity contribution >= 4 is 37.7 Å². The van der Waals surface area contributed by atoms with Gasteiger partial charge in [0, 0.05) is 12.3 Å². The van der Waals surface area contributed by atoms with Crippen molar-refractivity contribution in [3.63, 3.8) is 0 Å². The number of aromatic amines is 1.